The van der Waals surface area contributed by atoms with E-state index >= 15 is 0 Å². The summed E-state index contributed by atoms with van der Waals surface area (Å²) in [5.41, 5.74) is 7.06. The van der Waals surface area contributed by atoms with E-state index in [-0.39, 0.29) is 0 Å². The van der Waals surface area contributed by atoms with Gasteiger partial charge in [0.05, 0.1) is 1.37 Å². The quantitative estimate of drug-likeness (QED) is 0.592. The summed E-state index contributed by atoms with van der Waals surface area (Å²) in [6, 6.07) is 16.0. The molecule has 2 nitrogen and oxygen atoms in total. The SMILES string of the molecule is [2H]C1(C)c2ccccc2-c2c(C)n(-c3ccccc3C)c(C)[n+]21. The van der Waals surface area contributed by atoms with Gasteiger partial charge in [0.2, 0.25) is 0 Å². The third kappa shape index (κ3) is 1.58. The molecular formula is C20H21N2+. The molecule has 2 aromatic carbocycles. The Kier molecular flexibility index (Phi) is 2.54. The number of aromatic nitrogens is 2. The molecule has 1 unspecified atom stereocenters. The lowest BCUT2D eigenvalue weighted by Crippen LogP contribution is -2.38. The first-order valence-corrected chi connectivity index (χ1v) is 7.75. The maximum atomic E-state index is 8.97. The minimum atomic E-state index is -0.769. The molecule has 0 amide bonds. The van der Waals surface area contributed by atoms with Crippen LogP contribution in [0, 0.1) is 20.8 Å². The Balaban J connectivity index is 2.10. The van der Waals surface area contributed by atoms with Crippen LogP contribution in [-0.4, -0.2) is 4.57 Å². The van der Waals surface area contributed by atoms with Crippen molar-refractivity contribution in [2.45, 2.75) is 33.7 Å². The van der Waals surface area contributed by atoms with E-state index in [1.165, 1.54) is 28.2 Å². The predicted octanol–water partition coefficient (Wildman–Crippen LogP) is 4.28. The minimum absolute atomic E-state index is 0.769. The normalized spacial score (nSPS) is 19.7. The molecule has 2 heterocycles. The van der Waals surface area contributed by atoms with Crippen LogP contribution in [0.1, 0.15) is 37.0 Å². The van der Waals surface area contributed by atoms with E-state index in [9.17, 15) is 0 Å². The molecule has 0 radical (unpaired) electrons. The Hall–Kier alpha value is -2.35. The Morgan fingerprint density at radius 2 is 1.68 bits per heavy atom. The standard InChI is InChI=1S/C20H21N2/c1-13-9-5-8-12-19(13)21-15(3)20-18-11-7-6-10-17(18)14(2)22(20)16(21)4/h5-12,14H,1-4H3/q+1/i14D. The average Bonchev–Trinajstić information content (AvgIpc) is 2.93. The van der Waals surface area contributed by atoms with Crippen molar-refractivity contribution in [1.29, 1.82) is 0 Å². The molecule has 1 aliphatic rings. The summed E-state index contributed by atoms with van der Waals surface area (Å²) >= 11 is 0. The van der Waals surface area contributed by atoms with E-state index in [4.69, 9.17) is 1.37 Å². The Morgan fingerprint density at radius 1 is 1.00 bits per heavy atom. The molecule has 2 heteroatoms. The van der Waals surface area contributed by atoms with Crippen LogP contribution in [0.25, 0.3) is 16.9 Å². The lowest BCUT2D eigenvalue weighted by atomic mass is 10.0. The minimum Gasteiger partial charge on any atom is -0.220 e. The number of hydrogen-bond donors (Lipinski definition) is 0. The highest BCUT2D eigenvalue weighted by Gasteiger charge is 2.38. The average molecular weight is 290 g/mol. The zero-order chi connectivity index (χ0) is 16.4. The van der Waals surface area contributed by atoms with Gasteiger partial charge in [-0.2, -0.15) is 4.57 Å². The highest BCUT2D eigenvalue weighted by molar-refractivity contribution is 5.67. The summed E-state index contributed by atoms with van der Waals surface area (Å²) in [5.74, 6) is 1.10. The topological polar surface area (TPSA) is 8.81 Å². The predicted molar refractivity (Wildman–Crippen MR) is 89.4 cm³/mol. The molecule has 1 atom stereocenters. The molecule has 3 aromatic rings. The number of rotatable bonds is 1. The van der Waals surface area contributed by atoms with Gasteiger partial charge in [0.15, 0.2) is 11.4 Å². The molecule has 22 heavy (non-hydrogen) atoms. The zero-order valence-corrected chi connectivity index (χ0v) is 13.5. The van der Waals surface area contributed by atoms with Gasteiger partial charge < -0.3 is 0 Å². The molecule has 0 bridgehead atoms. The van der Waals surface area contributed by atoms with Crippen LogP contribution < -0.4 is 4.57 Å². The van der Waals surface area contributed by atoms with Crippen LogP contribution in [0.15, 0.2) is 48.5 Å². The molecule has 110 valence electrons. The summed E-state index contributed by atoms with van der Waals surface area (Å²) in [6.45, 7) is 8.39. The second kappa shape index (κ2) is 4.57. The first-order valence-electron chi connectivity index (χ1n) is 8.25. The molecule has 0 saturated heterocycles. The first-order chi connectivity index (χ1) is 10.9. The maximum absolute atomic E-state index is 8.97. The number of hydrogen-bond acceptors (Lipinski definition) is 0. The molecular weight excluding hydrogens is 268 g/mol. The smallest absolute Gasteiger partial charge is 0.220 e. The third-order valence-corrected chi connectivity index (χ3v) is 4.81. The number of nitrogens with zero attached hydrogens (tertiary/aromatic N) is 2. The van der Waals surface area contributed by atoms with Gasteiger partial charge in [0.25, 0.3) is 5.82 Å². The van der Waals surface area contributed by atoms with Gasteiger partial charge >= 0.3 is 0 Å². The molecule has 4 rings (SSSR count). The third-order valence-electron chi connectivity index (χ3n) is 4.81. The summed E-state index contributed by atoms with van der Waals surface area (Å²) in [5, 5.41) is 0. The van der Waals surface area contributed by atoms with E-state index in [1.54, 1.807) is 0 Å². The van der Waals surface area contributed by atoms with Crippen LogP contribution in [-0.2, 0) is 0 Å². The molecule has 1 aromatic heterocycles. The molecule has 0 N–H and O–H groups in total. The first kappa shape index (κ1) is 12.2. The fourth-order valence-corrected chi connectivity index (χ4v) is 3.79. The van der Waals surface area contributed by atoms with Crippen molar-refractivity contribution in [3.8, 4) is 16.9 Å². The number of benzene rings is 2. The Morgan fingerprint density at radius 3 is 2.45 bits per heavy atom. The number of para-hydroxylation sites is 1. The van der Waals surface area contributed by atoms with Gasteiger partial charge in [0, 0.05) is 25.0 Å². The van der Waals surface area contributed by atoms with Crippen molar-refractivity contribution < 1.29 is 5.94 Å². The molecule has 0 fully saturated rings. The van der Waals surface area contributed by atoms with Crippen LogP contribution >= 0.6 is 0 Å². The van der Waals surface area contributed by atoms with Crippen molar-refractivity contribution in [3.63, 3.8) is 0 Å². The van der Waals surface area contributed by atoms with Gasteiger partial charge in [0.1, 0.15) is 11.7 Å². The lowest BCUT2D eigenvalue weighted by Gasteiger charge is -2.08. The monoisotopic (exact) mass is 290 g/mol. The highest BCUT2D eigenvalue weighted by Crippen LogP contribution is 2.37. The second-order valence-electron chi connectivity index (χ2n) is 6.07. The van der Waals surface area contributed by atoms with Gasteiger partial charge in [-0.1, -0.05) is 42.5 Å². The zero-order valence-electron chi connectivity index (χ0n) is 14.5. The summed E-state index contributed by atoms with van der Waals surface area (Å²) in [4.78, 5) is 0. The largest absolute Gasteiger partial charge is 0.259 e. The molecule has 0 spiro atoms. The number of aryl methyl sites for hydroxylation is 1. The van der Waals surface area contributed by atoms with Crippen molar-refractivity contribution in [3.05, 3.63) is 71.2 Å². The van der Waals surface area contributed by atoms with Crippen molar-refractivity contribution in [1.82, 2.24) is 4.57 Å². The Labute approximate surface area is 133 Å². The summed E-state index contributed by atoms with van der Waals surface area (Å²) in [7, 11) is 0. The molecule has 0 saturated carbocycles. The van der Waals surface area contributed by atoms with Crippen molar-refractivity contribution in [2.75, 3.05) is 0 Å². The van der Waals surface area contributed by atoms with E-state index in [0.29, 0.717) is 0 Å². The van der Waals surface area contributed by atoms with E-state index in [1.807, 2.05) is 13.0 Å². The summed E-state index contributed by atoms with van der Waals surface area (Å²) in [6.07, 6.45) is 0. The number of fused-ring (bicyclic) bond motifs is 3. The summed E-state index contributed by atoms with van der Waals surface area (Å²) < 4.78 is 13.4. The van der Waals surface area contributed by atoms with Crippen LogP contribution in [0.4, 0.5) is 0 Å². The molecule has 0 aliphatic carbocycles. The van der Waals surface area contributed by atoms with Crippen molar-refractivity contribution in [2.24, 2.45) is 0 Å². The highest BCUT2D eigenvalue weighted by atomic mass is 15.2. The van der Waals surface area contributed by atoms with Crippen LogP contribution in [0.3, 0.4) is 0 Å². The van der Waals surface area contributed by atoms with Crippen LogP contribution in [0.5, 0.6) is 0 Å². The fourth-order valence-electron chi connectivity index (χ4n) is 3.79. The lowest BCUT2D eigenvalue weighted by molar-refractivity contribution is -0.700. The van der Waals surface area contributed by atoms with Gasteiger partial charge in [-0.3, -0.25) is 0 Å². The van der Waals surface area contributed by atoms with E-state index in [2.05, 4.69) is 72.4 Å². The molecule has 1 aliphatic heterocycles. The number of imidazole rings is 1. The van der Waals surface area contributed by atoms with Crippen LogP contribution in [0.2, 0.25) is 0 Å². The van der Waals surface area contributed by atoms with E-state index in [0.717, 1.165) is 11.4 Å². The van der Waals surface area contributed by atoms with Crippen molar-refractivity contribution >= 4 is 0 Å². The van der Waals surface area contributed by atoms with Gasteiger partial charge in [-0.05, 0) is 25.5 Å². The van der Waals surface area contributed by atoms with E-state index < -0.39 is 6.02 Å². The van der Waals surface area contributed by atoms with Gasteiger partial charge in [-0.25, -0.2) is 4.57 Å². The maximum Gasteiger partial charge on any atom is 0.259 e. The fraction of sp³-hybridized carbons (Fsp3) is 0.250. The second-order valence-corrected chi connectivity index (χ2v) is 6.07. The Bertz CT molecular complexity index is 935. The van der Waals surface area contributed by atoms with Gasteiger partial charge in [-0.15, -0.1) is 0 Å².